The second-order valence-electron chi connectivity index (χ2n) is 5.65. The predicted molar refractivity (Wildman–Crippen MR) is 105 cm³/mol. The van der Waals surface area contributed by atoms with Crippen molar-refractivity contribution in [3.05, 3.63) is 82.8 Å². The average Bonchev–Trinajstić information content (AvgIpc) is 3.17. The summed E-state index contributed by atoms with van der Waals surface area (Å²) in [7, 11) is 0. The van der Waals surface area contributed by atoms with E-state index in [-0.39, 0.29) is 0 Å². The molecule has 1 aliphatic heterocycles. The molecule has 6 nitrogen and oxygen atoms in total. The molecule has 132 valence electrons. The Morgan fingerprint density at radius 3 is 2.77 bits per heavy atom. The van der Waals surface area contributed by atoms with Crippen molar-refractivity contribution in [2.24, 2.45) is 0 Å². The van der Waals surface area contributed by atoms with Crippen LogP contribution in [0.1, 0.15) is 0 Å². The highest BCUT2D eigenvalue weighted by atomic mass is 35.5. The van der Waals surface area contributed by atoms with Crippen molar-refractivity contribution in [2.75, 3.05) is 16.5 Å². The van der Waals surface area contributed by atoms with Crippen molar-refractivity contribution in [3.63, 3.8) is 0 Å². The van der Waals surface area contributed by atoms with Gasteiger partial charge in [0, 0.05) is 48.6 Å². The van der Waals surface area contributed by atoms with Gasteiger partial charge in [0.25, 0.3) is 0 Å². The Labute approximate surface area is 160 Å². The molecule has 0 saturated carbocycles. The van der Waals surface area contributed by atoms with Crippen LogP contribution in [0.4, 0.5) is 11.5 Å². The molecule has 0 saturated heterocycles. The Bertz CT molecular complexity index is 914. The summed E-state index contributed by atoms with van der Waals surface area (Å²) in [5.74, 6) is 0.423. The van der Waals surface area contributed by atoms with Crippen LogP contribution in [0.15, 0.2) is 77.4 Å². The maximum absolute atomic E-state index is 12.4. The van der Waals surface area contributed by atoms with Crippen LogP contribution in [-0.4, -0.2) is 21.1 Å². The summed E-state index contributed by atoms with van der Waals surface area (Å²) in [5.41, 5.74) is 0.967. The van der Waals surface area contributed by atoms with Gasteiger partial charge in [-0.05, 0) is 36.4 Å². The maximum Gasteiger partial charge on any atom is 0.136 e. The lowest BCUT2D eigenvalue weighted by Crippen LogP contribution is -2.28. The highest BCUT2D eigenvalue weighted by Crippen LogP contribution is 2.41. The standard InChI is InChI=1S/C18H15ClN5OS/c19-14-3-5-15(6-4-14)23(11-10-22-9-8-20-13-22)17-12-24(25)18-16(26-17)2-1-7-21-18/h1-9,12-13H,10-11H2/q-1. The van der Waals surface area contributed by atoms with Gasteiger partial charge in [-0.3, -0.25) is 0 Å². The first-order valence-electron chi connectivity index (χ1n) is 8.00. The van der Waals surface area contributed by atoms with E-state index in [9.17, 15) is 5.21 Å². The van der Waals surface area contributed by atoms with E-state index in [2.05, 4.69) is 14.9 Å². The molecule has 0 atom stereocenters. The molecule has 0 fully saturated rings. The van der Waals surface area contributed by atoms with E-state index >= 15 is 0 Å². The quantitative estimate of drug-likeness (QED) is 0.651. The second kappa shape index (κ2) is 7.41. The van der Waals surface area contributed by atoms with Crippen LogP contribution in [0.5, 0.6) is 0 Å². The van der Waals surface area contributed by atoms with Gasteiger partial charge >= 0.3 is 0 Å². The van der Waals surface area contributed by atoms with Crippen molar-refractivity contribution >= 4 is 34.9 Å². The molecule has 3 heterocycles. The third kappa shape index (κ3) is 3.55. The highest BCUT2D eigenvalue weighted by Gasteiger charge is 2.20. The number of aromatic nitrogens is 3. The predicted octanol–water partition coefficient (Wildman–Crippen LogP) is 4.35. The largest absolute Gasteiger partial charge is 0.753 e. The van der Waals surface area contributed by atoms with Gasteiger partial charge in [-0.15, -0.1) is 0 Å². The summed E-state index contributed by atoms with van der Waals surface area (Å²) in [5, 5.41) is 14.8. The SMILES string of the molecule is [O-]N1C=C(N(CCn2ccnc2)c2ccc(Cl)cc2)Sc2cccnc21. The first-order valence-corrected chi connectivity index (χ1v) is 9.20. The molecule has 1 aliphatic rings. The lowest BCUT2D eigenvalue weighted by atomic mass is 10.3. The van der Waals surface area contributed by atoms with Crippen molar-refractivity contribution < 1.29 is 0 Å². The average molecular weight is 385 g/mol. The Morgan fingerprint density at radius 2 is 2.00 bits per heavy atom. The fourth-order valence-corrected chi connectivity index (χ4v) is 3.86. The highest BCUT2D eigenvalue weighted by molar-refractivity contribution is 8.03. The minimum Gasteiger partial charge on any atom is -0.753 e. The molecule has 0 N–H and O–H groups in total. The van der Waals surface area contributed by atoms with Crippen LogP contribution in [0.3, 0.4) is 0 Å². The number of rotatable bonds is 5. The topological polar surface area (TPSA) is 60.2 Å². The first kappa shape index (κ1) is 17.0. The van der Waals surface area contributed by atoms with E-state index in [0.29, 0.717) is 17.4 Å². The number of hydrogen-bond donors (Lipinski definition) is 0. The molecule has 8 heteroatoms. The number of fused-ring (bicyclic) bond motifs is 1. The molecular weight excluding hydrogens is 370 g/mol. The van der Waals surface area contributed by atoms with Gasteiger partial charge < -0.3 is 19.7 Å². The van der Waals surface area contributed by atoms with Gasteiger partial charge in [0.2, 0.25) is 0 Å². The maximum atomic E-state index is 12.4. The zero-order valence-corrected chi connectivity index (χ0v) is 15.3. The molecule has 2 aromatic heterocycles. The van der Waals surface area contributed by atoms with Gasteiger partial charge in [-0.1, -0.05) is 23.4 Å². The number of halogens is 1. The number of hydrogen-bond acceptors (Lipinski definition) is 6. The Hall–Kier alpha value is -2.48. The number of nitrogens with zero attached hydrogens (tertiary/aromatic N) is 5. The molecule has 0 spiro atoms. The number of imidazole rings is 1. The smallest absolute Gasteiger partial charge is 0.136 e. The lowest BCUT2D eigenvalue weighted by molar-refractivity contribution is 0.691. The van der Waals surface area contributed by atoms with Crippen LogP contribution in [-0.2, 0) is 6.54 Å². The Balaban J connectivity index is 1.65. The van der Waals surface area contributed by atoms with Gasteiger partial charge in [0.1, 0.15) is 5.82 Å². The van der Waals surface area contributed by atoms with Gasteiger partial charge in [0.15, 0.2) is 0 Å². The van der Waals surface area contributed by atoms with Gasteiger partial charge in [-0.2, -0.15) is 0 Å². The second-order valence-corrected chi connectivity index (χ2v) is 7.15. The van der Waals surface area contributed by atoms with E-state index in [1.807, 2.05) is 47.2 Å². The molecule has 0 radical (unpaired) electrons. The summed E-state index contributed by atoms with van der Waals surface area (Å²) >= 11 is 7.56. The third-order valence-electron chi connectivity index (χ3n) is 3.95. The summed E-state index contributed by atoms with van der Waals surface area (Å²) in [6.07, 6.45) is 8.65. The van der Waals surface area contributed by atoms with Crippen molar-refractivity contribution in [3.8, 4) is 0 Å². The van der Waals surface area contributed by atoms with E-state index in [1.165, 1.54) is 11.8 Å². The number of thioether (sulfide) groups is 1. The monoisotopic (exact) mass is 384 g/mol. The van der Waals surface area contributed by atoms with Crippen LogP contribution in [0.2, 0.25) is 5.02 Å². The van der Waals surface area contributed by atoms with Crippen molar-refractivity contribution in [2.45, 2.75) is 11.4 Å². The molecule has 4 rings (SSSR count). The molecular formula is C18H15ClN5OS-. The van der Waals surface area contributed by atoms with Crippen LogP contribution in [0.25, 0.3) is 0 Å². The molecule has 1 aromatic carbocycles. The molecule has 3 aromatic rings. The zero-order valence-electron chi connectivity index (χ0n) is 13.7. The zero-order chi connectivity index (χ0) is 17.9. The summed E-state index contributed by atoms with van der Waals surface area (Å²) in [6, 6.07) is 11.3. The van der Waals surface area contributed by atoms with E-state index in [4.69, 9.17) is 11.6 Å². The third-order valence-corrected chi connectivity index (χ3v) is 5.27. The molecule has 0 aliphatic carbocycles. The van der Waals surface area contributed by atoms with Crippen molar-refractivity contribution in [1.82, 2.24) is 14.5 Å². The molecule has 26 heavy (non-hydrogen) atoms. The Morgan fingerprint density at radius 1 is 1.15 bits per heavy atom. The summed E-state index contributed by atoms with van der Waals surface area (Å²) < 4.78 is 2.00. The fraction of sp³-hybridized carbons (Fsp3) is 0.111. The Kier molecular flexibility index (Phi) is 4.83. The lowest BCUT2D eigenvalue weighted by Gasteiger charge is -2.36. The van der Waals surface area contributed by atoms with Crippen molar-refractivity contribution in [1.29, 1.82) is 0 Å². The van der Waals surface area contributed by atoms with Crippen LogP contribution in [0, 0.1) is 5.21 Å². The normalized spacial score (nSPS) is 13.3. The number of benzene rings is 1. The molecule has 0 amide bonds. The minimum absolute atomic E-state index is 0.423. The van der Waals surface area contributed by atoms with Crippen LogP contribution < -0.4 is 9.96 Å². The molecule has 0 bridgehead atoms. The molecule has 0 unspecified atom stereocenters. The minimum atomic E-state index is 0.423. The summed E-state index contributed by atoms with van der Waals surface area (Å²) in [4.78, 5) is 11.2. The van der Waals surface area contributed by atoms with E-state index < -0.39 is 0 Å². The van der Waals surface area contributed by atoms with E-state index in [0.717, 1.165) is 27.2 Å². The van der Waals surface area contributed by atoms with Crippen LogP contribution >= 0.6 is 23.4 Å². The van der Waals surface area contributed by atoms with Gasteiger partial charge in [0.05, 0.1) is 16.3 Å². The summed E-state index contributed by atoms with van der Waals surface area (Å²) in [6.45, 7) is 1.42. The number of pyridine rings is 1. The van der Waals surface area contributed by atoms with E-state index in [1.54, 1.807) is 24.9 Å². The number of hydroxylamine groups is 1. The van der Waals surface area contributed by atoms with Gasteiger partial charge in [-0.25, -0.2) is 9.97 Å². The first-order chi connectivity index (χ1) is 12.7. The fourth-order valence-electron chi connectivity index (χ4n) is 2.67. The number of anilines is 2.